The Morgan fingerprint density at radius 1 is 1.20 bits per heavy atom. The van der Waals surface area contributed by atoms with Gasteiger partial charge >= 0.3 is 10.4 Å². The third kappa shape index (κ3) is 31.6. The summed E-state index contributed by atoms with van der Waals surface area (Å²) in [5.74, 6) is 0.560. The van der Waals surface area contributed by atoms with Crippen LogP contribution >= 0.6 is 0 Å². The van der Waals surface area contributed by atoms with Crippen molar-refractivity contribution in [1.29, 1.82) is 0 Å². The lowest BCUT2D eigenvalue weighted by Crippen LogP contribution is -2.03. The van der Waals surface area contributed by atoms with Gasteiger partial charge in [-0.15, -0.1) is 0 Å². The van der Waals surface area contributed by atoms with Crippen LogP contribution in [-0.2, 0) is 10.4 Å². The highest BCUT2D eigenvalue weighted by molar-refractivity contribution is 7.79. The minimum Gasteiger partial charge on any atom is -0.396 e. The van der Waals surface area contributed by atoms with Crippen LogP contribution in [0.25, 0.3) is 0 Å². The van der Waals surface area contributed by atoms with Gasteiger partial charge < -0.3 is 11.3 Å². The van der Waals surface area contributed by atoms with Gasteiger partial charge in [-0.25, -0.2) is 0 Å². The largest absolute Gasteiger partial charge is 0.396 e. The monoisotopic (exact) mass is 245 g/mol. The Morgan fingerprint density at radius 2 is 1.60 bits per heavy atom. The van der Waals surface area contributed by atoms with Crippen molar-refractivity contribution in [2.75, 3.05) is 6.61 Å². The first kappa shape index (κ1) is 20.2. The van der Waals surface area contributed by atoms with Crippen molar-refractivity contribution in [2.24, 2.45) is 5.92 Å². The molecule has 6 N–H and O–H groups in total. The SMILES string of the molecule is CCCCC(CC)CO.N.O=S(=O)(O)O. The van der Waals surface area contributed by atoms with E-state index in [1.165, 1.54) is 19.3 Å². The number of unbranched alkanes of at least 4 members (excludes halogenated alkanes) is 1. The summed E-state index contributed by atoms with van der Waals surface area (Å²) in [6.45, 7) is 4.69. The van der Waals surface area contributed by atoms with E-state index in [-0.39, 0.29) is 6.15 Å². The zero-order valence-corrected chi connectivity index (χ0v) is 10.2. The van der Waals surface area contributed by atoms with E-state index in [1.54, 1.807) is 0 Å². The van der Waals surface area contributed by atoms with Gasteiger partial charge in [0.2, 0.25) is 0 Å². The van der Waals surface area contributed by atoms with Crippen molar-refractivity contribution < 1.29 is 22.6 Å². The van der Waals surface area contributed by atoms with Crippen molar-refractivity contribution in [2.45, 2.75) is 39.5 Å². The van der Waals surface area contributed by atoms with Gasteiger partial charge in [-0.2, -0.15) is 8.42 Å². The predicted octanol–water partition coefficient (Wildman–Crippen LogP) is 1.70. The van der Waals surface area contributed by atoms with E-state index in [9.17, 15) is 0 Å². The molecule has 15 heavy (non-hydrogen) atoms. The van der Waals surface area contributed by atoms with Crippen molar-refractivity contribution >= 4 is 10.4 Å². The molecule has 0 fully saturated rings. The third-order valence-electron chi connectivity index (χ3n) is 1.80. The van der Waals surface area contributed by atoms with Crippen LogP contribution in [0.1, 0.15) is 39.5 Å². The van der Waals surface area contributed by atoms with Gasteiger partial charge in [-0.3, -0.25) is 9.11 Å². The Labute approximate surface area is 91.9 Å². The Balaban J connectivity index is -0.000000208. The maximum atomic E-state index is 8.75. The van der Waals surface area contributed by atoms with Crippen molar-refractivity contribution in [3.8, 4) is 0 Å². The maximum absolute atomic E-state index is 8.75. The molecule has 0 saturated heterocycles. The highest BCUT2D eigenvalue weighted by Crippen LogP contribution is 2.10. The van der Waals surface area contributed by atoms with Crippen LogP contribution in [0.2, 0.25) is 0 Å². The van der Waals surface area contributed by atoms with Gasteiger partial charge in [0.25, 0.3) is 0 Å². The van der Waals surface area contributed by atoms with Crippen LogP contribution in [0, 0.1) is 5.92 Å². The predicted molar refractivity (Wildman–Crippen MR) is 59.6 cm³/mol. The second-order valence-electron chi connectivity index (χ2n) is 3.05. The minimum atomic E-state index is -4.67. The van der Waals surface area contributed by atoms with Crippen LogP contribution < -0.4 is 6.15 Å². The van der Waals surface area contributed by atoms with E-state index in [0.717, 1.165) is 6.42 Å². The molecule has 0 heterocycles. The number of hydrogen-bond donors (Lipinski definition) is 4. The second-order valence-corrected chi connectivity index (χ2v) is 3.94. The van der Waals surface area contributed by atoms with Crippen LogP contribution in [0.5, 0.6) is 0 Å². The molecule has 1 atom stereocenters. The standard InChI is InChI=1S/C8H18O.H3N.H2O4S/c1-3-5-6-8(4-2)7-9;;1-5(2,3)4/h8-9H,3-7H2,1-2H3;1H3;(H2,1,2,3,4). The average Bonchev–Trinajstić information content (AvgIpc) is 2.04. The van der Waals surface area contributed by atoms with Gasteiger partial charge in [0, 0.05) is 6.61 Å². The Bertz CT molecular complexity index is 193. The summed E-state index contributed by atoms with van der Waals surface area (Å²) in [4.78, 5) is 0. The fraction of sp³-hybridized carbons (Fsp3) is 1.00. The van der Waals surface area contributed by atoms with Crippen molar-refractivity contribution in [3.05, 3.63) is 0 Å². The van der Waals surface area contributed by atoms with Crippen LogP contribution in [0.3, 0.4) is 0 Å². The molecule has 0 aliphatic carbocycles. The summed E-state index contributed by atoms with van der Waals surface area (Å²) in [7, 11) is -4.67. The summed E-state index contributed by atoms with van der Waals surface area (Å²) >= 11 is 0. The lowest BCUT2D eigenvalue weighted by molar-refractivity contribution is 0.212. The fourth-order valence-corrected chi connectivity index (χ4v) is 0.917. The Kier molecular flexibility index (Phi) is 16.0. The highest BCUT2D eigenvalue weighted by atomic mass is 32.3. The molecule has 6 nitrogen and oxygen atoms in total. The summed E-state index contributed by atoms with van der Waals surface area (Å²) in [6, 6.07) is 0. The molecule has 0 amide bonds. The summed E-state index contributed by atoms with van der Waals surface area (Å²) < 4.78 is 31.6. The van der Waals surface area contributed by atoms with Gasteiger partial charge in [-0.05, 0) is 12.3 Å². The van der Waals surface area contributed by atoms with Crippen molar-refractivity contribution in [3.63, 3.8) is 0 Å². The molecular formula is C8H23NO5S. The van der Waals surface area contributed by atoms with E-state index in [2.05, 4.69) is 13.8 Å². The number of hydrogen-bond acceptors (Lipinski definition) is 4. The molecule has 0 spiro atoms. The van der Waals surface area contributed by atoms with E-state index in [4.69, 9.17) is 22.6 Å². The second kappa shape index (κ2) is 11.9. The Morgan fingerprint density at radius 3 is 1.80 bits per heavy atom. The fourth-order valence-electron chi connectivity index (χ4n) is 0.917. The smallest absolute Gasteiger partial charge is 0.394 e. The van der Waals surface area contributed by atoms with Crippen LogP contribution in [0.15, 0.2) is 0 Å². The summed E-state index contributed by atoms with van der Waals surface area (Å²) in [5, 5.41) is 8.75. The van der Waals surface area contributed by atoms with Gasteiger partial charge in [-0.1, -0.05) is 33.1 Å². The molecule has 0 saturated carbocycles. The molecule has 96 valence electrons. The summed E-state index contributed by atoms with van der Waals surface area (Å²) in [5.41, 5.74) is 0. The van der Waals surface area contributed by atoms with Gasteiger partial charge in [0.15, 0.2) is 0 Å². The third-order valence-corrected chi connectivity index (χ3v) is 1.80. The maximum Gasteiger partial charge on any atom is 0.394 e. The molecule has 0 aromatic carbocycles. The zero-order valence-electron chi connectivity index (χ0n) is 9.39. The molecule has 0 aliphatic heterocycles. The summed E-state index contributed by atoms with van der Waals surface area (Å²) in [6.07, 6.45) is 4.83. The van der Waals surface area contributed by atoms with E-state index in [0.29, 0.717) is 12.5 Å². The normalized spacial score (nSPS) is 12.1. The van der Waals surface area contributed by atoms with Crippen LogP contribution in [0.4, 0.5) is 0 Å². The number of aliphatic hydroxyl groups is 1. The van der Waals surface area contributed by atoms with Gasteiger partial charge in [0.05, 0.1) is 0 Å². The zero-order chi connectivity index (χ0) is 11.6. The number of rotatable bonds is 5. The first-order valence-corrected chi connectivity index (χ1v) is 6.05. The lowest BCUT2D eigenvalue weighted by Gasteiger charge is -2.08. The molecule has 7 heteroatoms. The highest BCUT2D eigenvalue weighted by Gasteiger charge is 2.01. The minimum absolute atomic E-state index is 0. The quantitative estimate of drug-likeness (QED) is 0.545. The first-order valence-electron chi connectivity index (χ1n) is 4.65. The topological polar surface area (TPSA) is 130 Å². The average molecular weight is 245 g/mol. The van der Waals surface area contributed by atoms with E-state index >= 15 is 0 Å². The van der Waals surface area contributed by atoms with E-state index < -0.39 is 10.4 Å². The number of aliphatic hydroxyl groups excluding tert-OH is 1. The molecule has 0 aromatic heterocycles. The molecule has 0 rings (SSSR count). The van der Waals surface area contributed by atoms with Crippen molar-refractivity contribution in [1.82, 2.24) is 6.15 Å². The Hall–Kier alpha value is -0.210. The molecule has 0 aliphatic rings. The van der Waals surface area contributed by atoms with Crippen LogP contribution in [-0.4, -0.2) is 29.2 Å². The molecule has 0 radical (unpaired) electrons. The molecule has 1 unspecified atom stereocenters. The molecule has 0 bridgehead atoms. The first-order chi connectivity index (χ1) is 6.35. The van der Waals surface area contributed by atoms with E-state index in [1.807, 2.05) is 0 Å². The van der Waals surface area contributed by atoms with Gasteiger partial charge in [0.1, 0.15) is 0 Å². The lowest BCUT2D eigenvalue weighted by atomic mass is 10.0. The molecule has 0 aromatic rings. The molecular weight excluding hydrogens is 222 g/mol.